The number of nitrogens with zero attached hydrogens (tertiary/aromatic N) is 3. The molecule has 26 heavy (non-hydrogen) atoms. The molecular formula is C21H30N4O. The van der Waals surface area contributed by atoms with Crippen LogP contribution in [0.2, 0.25) is 0 Å². The maximum atomic E-state index is 12.8. The summed E-state index contributed by atoms with van der Waals surface area (Å²) in [7, 11) is 0. The topological polar surface area (TPSA) is 58.1 Å². The summed E-state index contributed by atoms with van der Waals surface area (Å²) in [5.41, 5.74) is 2.61. The zero-order valence-corrected chi connectivity index (χ0v) is 16.2. The molecule has 1 aromatic heterocycles. The Balaban J connectivity index is 1.96. The zero-order valence-electron chi connectivity index (χ0n) is 16.2. The quantitative estimate of drug-likeness (QED) is 0.653. The Hall–Kier alpha value is -2.43. The molecule has 1 heterocycles. The van der Waals surface area contributed by atoms with Gasteiger partial charge in [0.2, 0.25) is 5.95 Å². The third-order valence-electron chi connectivity index (χ3n) is 4.12. The summed E-state index contributed by atoms with van der Waals surface area (Å²) in [6, 6.07) is 12.2. The summed E-state index contributed by atoms with van der Waals surface area (Å²) in [6.45, 7) is 8.37. The molecular weight excluding hydrogens is 324 g/mol. The number of nitrogens with one attached hydrogen (secondary N) is 1. The van der Waals surface area contributed by atoms with Gasteiger partial charge in [-0.2, -0.15) is 0 Å². The molecule has 140 valence electrons. The highest BCUT2D eigenvalue weighted by Gasteiger charge is 2.17. The van der Waals surface area contributed by atoms with Crippen LogP contribution in [0.4, 0.5) is 5.95 Å². The monoisotopic (exact) mass is 354 g/mol. The molecule has 1 amide bonds. The molecule has 0 bridgehead atoms. The summed E-state index contributed by atoms with van der Waals surface area (Å²) in [5.74, 6) is 0.529. The first-order chi connectivity index (χ1) is 12.6. The fraction of sp³-hybridized carbons (Fsp3) is 0.476. The molecule has 0 saturated carbocycles. The largest absolute Gasteiger partial charge is 0.354 e. The molecule has 0 aliphatic rings. The van der Waals surface area contributed by atoms with Crippen molar-refractivity contribution in [3.05, 3.63) is 53.3 Å². The number of anilines is 1. The SMILES string of the molecule is CCCN(CCC)C(=O)c1cc(C)nc(NCCCc2ccccc2)n1. The van der Waals surface area contributed by atoms with E-state index in [2.05, 4.69) is 53.4 Å². The second-order valence-corrected chi connectivity index (χ2v) is 6.53. The molecule has 0 saturated heterocycles. The molecule has 2 aromatic rings. The van der Waals surface area contributed by atoms with Crippen molar-refractivity contribution in [2.45, 2.75) is 46.5 Å². The predicted octanol–water partition coefficient (Wildman–Crippen LogP) is 4.09. The number of hydrogen-bond acceptors (Lipinski definition) is 4. The van der Waals surface area contributed by atoms with E-state index in [1.54, 1.807) is 6.07 Å². The van der Waals surface area contributed by atoms with Crippen molar-refractivity contribution >= 4 is 11.9 Å². The summed E-state index contributed by atoms with van der Waals surface area (Å²) in [6.07, 6.45) is 3.88. The molecule has 1 aromatic carbocycles. The van der Waals surface area contributed by atoms with Gasteiger partial charge in [-0.15, -0.1) is 0 Å². The van der Waals surface area contributed by atoms with Crippen LogP contribution >= 0.6 is 0 Å². The van der Waals surface area contributed by atoms with E-state index in [1.807, 2.05) is 17.9 Å². The highest BCUT2D eigenvalue weighted by Crippen LogP contribution is 2.10. The summed E-state index contributed by atoms with van der Waals surface area (Å²) >= 11 is 0. The predicted molar refractivity (Wildman–Crippen MR) is 107 cm³/mol. The number of carbonyl (C=O) groups is 1. The molecule has 0 spiro atoms. The first-order valence-corrected chi connectivity index (χ1v) is 9.56. The average molecular weight is 354 g/mol. The van der Waals surface area contributed by atoms with Crippen LogP contribution in [0, 0.1) is 6.92 Å². The lowest BCUT2D eigenvalue weighted by Crippen LogP contribution is -2.33. The van der Waals surface area contributed by atoms with Crippen LogP contribution in [0.1, 0.15) is 54.9 Å². The lowest BCUT2D eigenvalue weighted by Gasteiger charge is -2.21. The average Bonchev–Trinajstić information content (AvgIpc) is 2.65. The maximum Gasteiger partial charge on any atom is 0.272 e. The first kappa shape index (κ1) is 19.9. The normalized spacial score (nSPS) is 10.6. The van der Waals surface area contributed by atoms with Crippen molar-refractivity contribution in [3.63, 3.8) is 0 Å². The van der Waals surface area contributed by atoms with Crippen molar-refractivity contribution < 1.29 is 4.79 Å². The van der Waals surface area contributed by atoms with Gasteiger partial charge in [-0.3, -0.25) is 4.79 Å². The van der Waals surface area contributed by atoms with E-state index >= 15 is 0 Å². The Morgan fingerprint density at radius 2 is 1.77 bits per heavy atom. The van der Waals surface area contributed by atoms with Crippen LogP contribution in [0.15, 0.2) is 36.4 Å². The van der Waals surface area contributed by atoms with Crippen LogP contribution in [0.25, 0.3) is 0 Å². The van der Waals surface area contributed by atoms with E-state index in [0.29, 0.717) is 11.6 Å². The smallest absolute Gasteiger partial charge is 0.272 e. The zero-order chi connectivity index (χ0) is 18.8. The van der Waals surface area contributed by atoms with Gasteiger partial charge in [-0.1, -0.05) is 44.2 Å². The molecule has 1 N–H and O–H groups in total. The van der Waals surface area contributed by atoms with Crippen LogP contribution in [-0.2, 0) is 6.42 Å². The molecule has 0 aliphatic heterocycles. The van der Waals surface area contributed by atoms with Crippen LogP contribution in [-0.4, -0.2) is 40.4 Å². The fourth-order valence-corrected chi connectivity index (χ4v) is 2.91. The molecule has 0 atom stereocenters. The highest BCUT2D eigenvalue weighted by atomic mass is 16.2. The third-order valence-corrected chi connectivity index (χ3v) is 4.12. The molecule has 2 rings (SSSR count). The Bertz CT molecular complexity index is 682. The van der Waals surface area contributed by atoms with Gasteiger partial charge in [0.15, 0.2) is 0 Å². The van der Waals surface area contributed by atoms with E-state index < -0.39 is 0 Å². The lowest BCUT2D eigenvalue weighted by molar-refractivity contribution is 0.0749. The lowest BCUT2D eigenvalue weighted by atomic mass is 10.1. The molecule has 0 radical (unpaired) electrons. The highest BCUT2D eigenvalue weighted by molar-refractivity contribution is 5.92. The first-order valence-electron chi connectivity index (χ1n) is 9.56. The summed E-state index contributed by atoms with van der Waals surface area (Å²) < 4.78 is 0. The second-order valence-electron chi connectivity index (χ2n) is 6.53. The molecule has 0 aliphatic carbocycles. The van der Waals surface area contributed by atoms with Gasteiger partial charge in [0.1, 0.15) is 5.69 Å². The third kappa shape index (κ3) is 6.14. The van der Waals surface area contributed by atoms with Gasteiger partial charge in [0, 0.05) is 25.3 Å². The Morgan fingerprint density at radius 3 is 2.42 bits per heavy atom. The minimum Gasteiger partial charge on any atom is -0.354 e. The van der Waals surface area contributed by atoms with Gasteiger partial charge in [0.25, 0.3) is 5.91 Å². The van der Waals surface area contributed by atoms with Gasteiger partial charge < -0.3 is 10.2 Å². The standard InChI is InChI=1S/C21H30N4O/c1-4-14-25(15-5-2)20(26)19-16-17(3)23-21(24-19)22-13-9-12-18-10-7-6-8-11-18/h6-8,10-11,16H,4-5,9,12-15H2,1-3H3,(H,22,23,24). The van der Waals surface area contributed by atoms with Crippen LogP contribution in [0.5, 0.6) is 0 Å². The van der Waals surface area contributed by atoms with Crippen molar-refractivity contribution in [1.29, 1.82) is 0 Å². The second kappa shape index (κ2) is 10.5. The van der Waals surface area contributed by atoms with Gasteiger partial charge in [-0.05, 0) is 44.2 Å². The van der Waals surface area contributed by atoms with E-state index in [0.717, 1.165) is 51.0 Å². The van der Waals surface area contributed by atoms with Crippen molar-refractivity contribution in [2.75, 3.05) is 25.0 Å². The molecule has 0 unspecified atom stereocenters. The van der Waals surface area contributed by atoms with Crippen molar-refractivity contribution in [1.82, 2.24) is 14.9 Å². The van der Waals surface area contributed by atoms with Crippen molar-refractivity contribution in [3.8, 4) is 0 Å². The van der Waals surface area contributed by atoms with E-state index in [4.69, 9.17) is 0 Å². The van der Waals surface area contributed by atoms with Crippen LogP contribution < -0.4 is 5.32 Å². The summed E-state index contributed by atoms with van der Waals surface area (Å²) in [4.78, 5) is 23.5. The van der Waals surface area contributed by atoms with E-state index in [1.165, 1.54) is 5.56 Å². The number of aryl methyl sites for hydroxylation is 2. The summed E-state index contributed by atoms with van der Waals surface area (Å²) in [5, 5.41) is 3.26. The van der Waals surface area contributed by atoms with E-state index in [-0.39, 0.29) is 5.91 Å². The minimum atomic E-state index is -0.00784. The van der Waals surface area contributed by atoms with Crippen molar-refractivity contribution in [2.24, 2.45) is 0 Å². The number of rotatable bonds is 10. The Kier molecular flexibility index (Phi) is 8.06. The number of amides is 1. The maximum absolute atomic E-state index is 12.8. The molecule has 5 nitrogen and oxygen atoms in total. The molecule has 5 heteroatoms. The van der Waals surface area contributed by atoms with Gasteiger partial charge >= 0.3 is 0 Å². The number of hydrogen-bond donors (Lipinski definition) is 1. The molecule has 0 fully saturated rings. The number of carbonyl (C=O) groups excluding carboxylic acids is 1. The fourth-order valence-electron chi connectivity index (χ4n) is 2.91. The Labute approximate surface area is 156 Å². The van der Waals surface area contributed by atoms with E-state index in [9.17, 15) is 4.79 Å². The van der Waals surface area contributed by atoms with Crippen LogP contribution in [0.3, 0.4) is 0 Å². The van der Waals surface area contributed by atoms with Gasteiger partial charge in [-0.25, -0.2) is 9.97 Å². The van der Waals surface area contributed by atoms with Gasteiger partial charge in [0.05, 0.1) is 0 Å². The number of aromatic nitrogens is 2. The number of benzene rings is 1. The Morgan fingerprint density at radius 1 is 1.08 bits per heavy atom. The minimum absolute atomic E-state index is 0.00784.